The fourth-order valence-electron chi connectivity index (χ4n) is 1.52. The number of benzene rings is 1. The van der Waals surface area contributed by atoms with Gasteiger partial charge in [0.05, 0.1) is 15.6 Å². The number of hydrogen-bond donors (Lipinski definition) is 3. The Morgan fingerprint density at radius 3 is 2.80 bits per heavy atom. The Morgan fingerprint density at radius 2 is 2.20 bits per heavy atom. The molecule has 2 aromatic rings. The van der Waals surface area contributed by atoms with Crippen LogP contribution in [-0.4, -0.2) is 14.9 Å². The molecular weight excluding hydrogens is 284 g/mol. The number of anilines is 3. The number of hydrazine groups is 1. The molecule has 0 saturated heterocycles. The molecule has 104 valence electrons. The van der Waals surface area contributed by atoms with Crippen LogP contribution in [0.5, 0.6) is 0 Å². The molecule has 0 amide bonds. The molecule has 1 aromatic carbocycles. The molecule has 1 aromatic heterocycles. The summed E-state index contributed by atoms with van der Waals surface area (Å²) in [5.41, 5.74) is 3.42. The first-order valence-electron chi connectivity index (χ1n) is 5.52. The van der Waals surface area contributed by atoms with E-state index in [1.165, 1.54) is 0 Å². The lowest BCUT2D eigenvalue weighted by atomic mass is 10.2. The zero-order chi connectivity index (χ0) is 14.7. The minimum atomic E-state index is -0.593. The Bertz CT molecular complexity index is 663. The molecule has 0 atom stereocenters. The van der Waals surface area contributed by atoms with Gasteiger partial charge in [-0.05, 0) is 24.6 Å². The van der Waals surface area contributed by atoms with Crippen molar-refractivity contribution in [2.45, 2.75) is 6.92 Å². The van der Waals surface area contributed by atoms with Crippen LogP contribution in [0.3, 0.4) is 0 Å². The van der Waals surface area contributed by atoms with E-state index >= 15 is 0 Å². The van der Waals surface area contributed by atoms with Gasteiger partial charge < -0.3 is 5.32 Å². The first-order chi connectivity index (χ1) is 9.51. The zero-order valence-corrected chi connectivity index (χ0v) is 11.2. The topological polar surface area (TPSA) is 119 Å². The van der Waals surface area contributed by atoms with Gasteiger partial charge in [-0.3, -0.25) is 15.5 Å². The number of nitrogens with two attached hydrogens (primary N) is 1. The summed E-state index contributed by atoms with van der Waals surface area (Å²) >= 11 is 6.07. The minimum absolute atomic E-state index is 0.00343. The van der Waals surface area contributed by atoms with Gasteiger partial charge in [0.2, 0.25) is 11.8 Å². The number of rotatable bonds is 4. The molecule has 0 aliphatic carbocycles. The maximum atomic E-state index is 11.0. The number of hydrogen-bond acceptors (Lipinski definition) is 7. The van der Waals surface area contributed by atoms with Gasteiger partial charge in [-0.1, -0.05) is 17.7 Å². The second kappa shape index (κ2) is 5.68. The van der Waals surface area contributed by atoms with Crippen molar-refractivity contribution in [3.8, 4) is 0 Å². The number of nitro groups is 1. The SMILES string of the molecule is Cc1ccc(Nc2nc(NN)ncc2[N+](=O)[O-])c(Cl)c1. The number of aryl methyl sites for hydroxylation is 1. The number of aromatic nitrogens is 2. The summed E-state index contributed by atoms with van der Waals surface area (Å²) in [5, 5.41) is 14.2. The molecule has 8 nitrogen and oxygen atoms in total. The van der Waals surface area contributed by atoms with E-state index in [0.717, 1.165) is 11.8 Å². The van der Waals surface area contributed by atoms with Gasteiger partial charge in [0, 0.05) is 0 Å². The number of nitrogens with zero attached hydrogens (tertiary/aromatic N) is 3. The summed E-state index contributed by atoms with van der Waals surface area (Å²) in [4.78, 5) is 18.0. The van der Waals surface area contributed by atoms with Crippen LogP contribution in [0.4, 0.5) is 23.1 Å². The Labute approximate surface area is 119 Å². The van der Waals surface area contributed by atoms with Crippen LogP contribution in [-0.2, 0) is 0 Å². The van der Waals surface area contributed by atoms with E-state index in [1.54, 1.807) is 12.1 Å². The quantitative estimate of drug-likeness (QED) is 0.450. The molecule has 0 spiro atoms. The van der Waals surface area contributed by atoms with E-state index in [2.05, 4.69) is 20.7 Å². The van der Waals surface area contributed by atoms with Gasteiger partial charge in [0.1, 0.15) is 6.20 Å². The predicted octanol–water partition coefficient (Wildman–Crippen LogP) is 2.38. The van der Waals surface area contributed by atoms with Gasteiger partial charge in [0.25, 0.3) is 0 Å². The van der Waals surface area contributed by atoms with Crippen LogP contribution < -0.4 is 16.6 Å². The summed E-state index contributed by atoms with van der Waals surface area (Å²) in [6, 6.07) is 5.27. The van der Waals surface area contributed by atoms with Crippen LogP contribution in [0.2, 0.25) is 5.02 Å². The van der Waals surface area contributed by atoms with Crippen LogP contribution in [0.1, 0.15) is 5.56 Å². The summed E-state index contributed by atoms with van der Waals surface area (Å²) < 4.78 is 0. The van der Waals surface area contributed by atoms with Crippen LogP contribution in [0, 0.1) is 17.0 Å². The molecule has 2 rings (SSSR count). The summed E-state index contributed by atoms with van der Waals surface area (Å²) in [6.07, 6.45) is 1.06. The molecule has 0 bridgehead atoms. The van der Waals surface area contributed by atoms with E-state index < -0.39 is 4.92 Å². The molecule has 9 heteroatoms. The largest absolute Gasteiger partial charge is 0.333 e. The van der Waals surface area contributed by atoms with Gasteiger partial charge in [-0.15, -0.1) is 0 Å². The van der Waals surface area contributed by atoms with Crippen LogP contribution >= 0.6 is 11.6 Å². The maximum Gasteiger partial charge on any atom is 0.329 e. The predicted molar refractivity (Wildman–Crippen MR) is 76.0 cm³/mol. The highest BCUT2D eigenvalue weighted by Gasteiger charge is 2.18. The van der Waals surface area contributed by atoms with E-state index in [4.69, 9.17) is 17.4 Å². The van der Waals surface area contributed by atoms with Crippen molar-refractivity contribution in [3.05, 3.63) is 45.1 Å². The van der Waals surface area contributed by atoms with Crippen LogP contribution in [0.15, 0.2) is 24.4 Å². The second-order valence-corrected chi connectivity index (χ2v) is 4.34. The van der Waals surface area contributed by atoms with Gasteiger partial charge in [0.15, 0.2) is 0 Å². The Balaban J connectivity index is 2.43. The standard InChI is InChI=1S/C11H11ClN6O2/c1-6-2-3-8(7(12)4-6)15-10-9(18(19)20)5-14-11(16-10)17-13/h2-5H,13H2,1H3,(H2,14,15,16,17). The highest BCUT2D eigenvalue weighted by Crippen LogP contribution is 2.30. The maximum absolute atomic E-state index is 11.0. The van der Waals surface area contributed by atoms with Gasteiger partial charge in [-0.25, -0.2) is 10.8 Å². The Kier molecular flexibility index (Phi) is 3.97. The van der Waals surface area contributed by atoms with Crippen molar-refractivity contribution < 1.29 is 4.92 Å². The average Bonchev–Trinajstić information content (AvgIpc) is 2.41. The van der Waals surface area contributed by atoms with E-state index in [-0.39, 0.29) is 17.5 Å². The highest BCUT2D eigenvalue weighted by molar-refractivity contribution is 6.33. The lowest BCUT2D eigenvalue weighted by Crippen LogP contribution is -2.12. The number of halogens is 1. The van der Waals surface area contributed by atoms with E-state index in [0.29, 0.717) is 10.7 Å². The highest BCUT2D eigenvalue weighted by atomic mass is 35.5. The third-order valence-corrected chi connectivity index (χ3v) is 2.79. The zero-order valence-electron chi connectivity index (χ0n) is 10.4. The Morgan fingerprint density at radius 1 is 1.45 bits per heavy atom. The molecule has 1 heterocycles. The average molecular weight is 295 g/mol. The third-order valence-electron chi connectivity index (χ3n) is 2.47. The monoisotopic (exact) mass is 294 g/mol. The lowest BCUT2D eigenvalue weighted by Gasteiger charge is -2.09. The number of nitrogen functional groups attached to an aromatic ring is 1. The molecule has 0 saturated carbocycles. The van der Waals surface area contributed by atoms with Crippen molar-refractivity contribution in [3.63, 3.8) is 0 Å². The van der Waals surface area contributed by atoms with E-state index in [9.17, 15) is 10.1 Å². The Hall–Kier alpha value is -2.45. The van der Waals surface area contributed by atoms with Gasteiger partial charge >= 0.3 is 5.69 Å². The first-order valence-corrected chi connectivity index (χ1v) is 5.90. The molecule has 20 heavy (non-hydrogen) atoms. The van der Waals surface area contributed by atoms with Crippen molar-refractivity contribution in [1.29, 1.82) is 0 Å². The van der Waals surface area contributed by atoms with Crippen LogP contribution in [0.25, 0.3) is 0 Å². The van der Waals surface area contributed by atoms with Crippen molar-refractivity contribution in [1.82, 2.24) is 9.97 Å². The second-order valence-electron chi connectivity index (χ2n) is 3.94. The molecule has 0 aliphatic rings. The molecule has 4 N–H and O–H groups in total. The third kappa shape index (κ3) is 2.92. The molecule has 0 fully saturated rings. The normalized spacial score (nSPS) is 10.2. The lowest BCUT2D eigenvalue weighted by molar-refractivity contribution is -0.384. The fourth-order valence-corrected chi connectivity index (χ4v) is 1.80. The summed E-state index contributed by atoms with van der Waals surface area (Å²) in [5.74, 6) is 5.25. The van der Waals surface area contributed by atoms with Crippen molar-refractivity contribution in [2.75, 3.05) is 10.7 Å². The number of nitrogens with one attached hydrogen (secondary N) is 2. The van der Waals surface area contributed by atoms with Crippen molar-refractivity contribution >= 4 is 34.7 Å². The molecule has 0 unspecified atom stereocenters. The fraction of sp³-hybridized carbons (Fsp3) is 0.0909. The summed E-state index contributed by atoms with van der Waals surface area (Å²) in [6.45, 7) is 1.89. The van der Waals surface area contributed by atoms with Crippen molar-refractivity contribution in [2.24, 2.45) is 5.84 Å². The molecule has 0 radical (unpaired) electrons. The van der Waals surface area contributed by atoms with Gasteiger partial charge in [-0.2, -0.15) is 4.98 Å². The summed E-state index contributed by atoms with van der Waals surface area (Å²) in [7, 11) is 0. The van der Waals surface area contributed by atoms with E-state index in [1.807, 2.05) is 13.0 Å². The first kappa shape index (κ1) is 14.0. The minimum Gasteiger partial charge on any atom is -0.333 e. The molecular formula is C11H11ClN6O2. The molecule has 0 aliphatic heterocycles. The smallest absolute Gasteiger partial charge is 0.329 e.